The van der Waals surface area contributed by atoms with Gasteiger partial charge < -0.3 is 19.6 Å². The number of anilines is 1. The SMILES string of the molecule is CN1CCN(c2ccc(CN(C(=O)/C=C/c3ccc(C(F)(F)F)cn3)[C@@H](Cc3ccccc3)C(=O)N3CCc4ccccc4C3)cc2)CC1. The van der Waals surface area contributed by atoms with Crippen LogP contribution in [0.1, 0.15) is 33.5 Å². The van der Waals surface area contributed by atoms with E-state index in [1.165, 1.54) is 23.8 Å². The number of carbonyl (C=O) groups excluding carboxylic acids is 2. The highest BCUT2D eigenvalue weighted by Crippen LogP contribution is 2.29. The van der Waals surface area contributed by atoms with Gasteiger partial charge >= 0.3 is 6.18 Å². The molecule has 0 bridgehead atoms. The molecule has 2 aliphatic rings. The average Bonchev–Trinajstić information content (AvgIpc) is 3.12. The molecule has 3 aromatic carbocycles. The molecule has 49 heavy (non-hydrogen) atoms. The van der Waals surface area contributed by atoms with Gasteiger partial charge in [-0.15, -0.1) is 0 Å². The van der Waals surface area contributed by atoms with Crippen LogP contribution in [0.25, 0.3) is 6.08 Å². The predicted octanol–water partition coefficient (Wildman–Crippen LogP) is 6.09. The van der Waals surface area contributed by atoms with Crippen LogP contribution in [0.4, 0.5) is 18.9 Å². The van der Waals surface area contributed by atoms with Gasteiger partial charge in [0.1, 0.15) is 6.04 Å². The van der Waals surface area contributed by atoms with Gasteiger partial charge in [-0.3, -0.25) is 14.6 Å². The first-order valence-electron chi connectivity index (χ1n) is 16.6. The highest BCUT2D eigenvalue weighted by molar-refractivity contribution is 5.95. The first-order chi connectivity index (χ1) is 23.6. The van der Waals surface area contributed by atoms with Crippen LogP contribution in [0, 0.1) is 0 Å². The molecule has 0 unspecified atom stereocenters. The van der Waals surface area contributed by atoms with Gasteiger partial charge in [-0.1, -0.05) is 66.7 Å². The van der Waals surface area contributed by atoms with E-state index in [0.29, 0.717) is 19.5 Å². The Bertz CT molecular complexity index is 1750. The van der Waals surface area contributed by atoms with Gasteiger partial charge in [0.05, 0.1) is 11.3 Å². The predicted molar refractivity (Wildman–Crippen MR) is 184 cm³/mol. The quantitative estimate of drug-likeness (QED) is 0.202. The highest BCUT2D eigenvalue weighted by Gasteiger charge is 2.34. The third-order valence-electron chi connectivity index (χ3n) is 9.33. The number of amides is 2. The van der Waals surface area contributed by atoms with Gasteiger partial charge in [0.15, 0.2) is 0 Å². The van der Waals surface area contributed by atoms with E-state index >= 15 is 0 Å². The van der Waals surface area contributed by atoms with Crippen molar-refractivity contribution < 1.29 is 22.8 Å². The van der Waals surface area contributed by atoms with Crippen molar-refractivity contribution in [2.75, 3.05) is 44.7 Å². The number of rotatable bonds is 9. The number of halogens is 3. The van der Waals surface area contributed by atoms with Crippen molar-refractivity contribution in [2.45, 2.75) is 38.1 Å². The zero-order valence-corrected chi connectivity index (χ0v) is 27.5. The van der Waals surface area contributed by atoms with Gasteiger partial charge in [0, 0.05) is 70.2 Å². The highest BCUT2D eigenvalue weighted by atomic mass is 19.4. The number of aromatic nitrogens is 1. The van der Waals surface area contributed by atoms with Crippen LogP contribution < -0.4 is 4.90 Å². The summed E-state index contributed by atoms with van der Waals surface area (Å²) in [7, 11) is 2.12. The number of benzene rings is 3. The number of fused-ring (bicyclic) bond motifs is 1. The van der Waals surface area contributed by atoms with E-state index in [2.05, 4.69) is 40.0 Å². The van der Waals surface area contributed by atoms with Crippen molar-refractivity contribution in [3.05, 3.63) is 137 Å². The van der Waals surface area contributed by atoms with Gasteiger partial charge in [-0.25, -0.2) is 0 Å². The number of hydrogen-bond acceptors (Lipinski definition) is 5. The van der Waals surface area contributed by atoms with Gasteiger partial charge in [0.2, 0.25) is 11.8 Å². The summed E-state index contributed by atoms with van der Waals surface area (Å²) in [6.45, 7) is 4.97. The summed E-state index contributed by atoms with van der Waals surface area (Å²) in [6.07, 6.45) is -0.0455. The second-order valence-electron chi connectivity index (χ2n) is 12.7. The molecule has 1 aromatic heterocycles. The van der Waals surface area contributed by atoms with Crippen LogP contribution in [-0.4, -0.2) is 77.3 Å². The number of carbonyl (C=O) groups is 2. The van der Waals surface area contributed by atoms with E-state index in [9.17, 15) is 22.8 Å². The van der Waals surface area contributed by atoms with Crippen molar-refractivity contribution in [1.29, 1.82) is 0 Å². The molecule has 0 saturated carbocycles. The summed E-state index contributed by atoms with van der Waals surface area (Å²) in [6, 6.07) is 27.1. The Kier molecular flexibility index (Phi) is 10.4. The Labute approximate surface area is 285 Å². The van der Waals surface area contributed by atoms with Crippen molar-refractivity contribution in [1.82, 2.24) is 19.7 Å². The first-order valence-corrected chi connectivity index (χ1v) is 16.6. The van der Waals surface area contributed by atoms with E-state index in [0.717, 1.165) is 67.2 Å². The van der Waals surface area contributed by atoms with Crippen LogP contribution in [0.3, 0.4) is 0 Å². The molecule has 0 N–H and O–H groups in total. The maximum absolute atomic E-state index is 14.5. The molecule has 1 fully saturated rings. The van der Waals surface area contributed by atoms with Gasteiger partial charge in [0.25, 0.3) is 0 Å². The average molecular weight is 668 g/mol. The van der Waals surface area contributed by atoms with Crippen LogP contribution >= 0.6 is 0 Å². The molecule has 2 amide bonds. The fourth-order valence-electron chi connectivity index (χ4n) is 6.40. The smallest absolute Gasteiger partial charge is 0.369 e. The Hall–Kier alpha value is -4.96. The summed E-state index contributed by atoms with van der Waals surface area (Å²) in [5, 5.41) is 0. The summed E-state index contributed by atoms with van der Waals surface area (Å²) in [5.74, 6) is -0.585. The maximum Gasteiger partial charge on any atom is 0.417 e. The summed E-state index contributed by atoms with van der Waals surface area (Å²) >= 11 is 0. The Morgan fingerprint density at radius 3 is 2.20 bits per heavy atom. The fraction of sp³-hybridized carbons (Fsp3) is 0.308. The lowest BCUT2D eigenvalue weighted by molar-refractivity contribution is -0.144. The minimum Gasteiger partial charge on any atom is -0.369 e. The summed E-state index contributed by atoms with van der Waals surface area (Å²) in [4.78, 5) is 40.6. The molecular weight excluding hydrogens is 627 g/mol. The zero-order chi connectivity index (χ0) is 34.4. The molecule has 0 aliphatic carbocycles. The largest absolute Gasteiger partial charge is 0.417 e. The van der Waals surface area contributed by atoms with Gasteiger partial charge in [-0.05, 0) is 66.1 Å². The molecule has 4 aromatic rings. The van der Waals surface area contributed by atoms with Crippen molar-refractivity contribution in [2.24, 2.45) is 0 Å². The van der Waals surface area contributed by atoms with Gasteiger partial charge in [-0.2, -0.15) is 13.2 Å². The van der Waals surface area contributed by atoms with Crippen LogP contribution in [0.15, 0.2) is 103 Å². The number of alkyl halides is 3. The van der Waals surface area contributed by atoms with E-state index in [-0.39, 0.29) is 18.1 Å². The molecule has 0 spiro atoms. The molecule has 2 aliphatic heterocycles. The minimum atomic E-state index is -4.51. The lowest BCUT2D eigenvalue weighted by Gasteiger charge is -2.37. The van der Waals surface area contributed by atoms with Crippen LogP contribution in [0.5, 0.6) is 0 Å². The number of piperazine rings is 1. The number of likely N-dealkylation sites (N-methyl/N-ethyl adjacent to an activating group) is 1. The molecule has 1 atom stereocenters. The van der Waals surface area contributed by atoms with Crippen molar-refractivity contribution in [3.63, 3.8) is 0 Å². The summed E-state index contributed by atoms with van der Waals surface area (Å²) < 4.78 is 39.3. The molecule has 254 valence electrons. The minimum absolute atomic E-state index is 0.151. The molecule has 10 heteroatoms. The first kappa shape index (κ1) is 33.9. The number of hydrogen-bond donors (Lipinski definition) is 0. The van der Waals surface area contributed by atoms with Crippen molar-refractivity contribution in [3.8, 4) is 0 Å². The molecule has 3 heterocycles. The topological polar surface area (TPSA) is 60.0 Å². The Morgan fingerprint density at radius 2 is 1.53 bits per heavy atom. The Morgan fingerprint density at radius 1 is 0.837 bits per heavy atom. The van der Waals surface area contributed by atoms with Crippen LogP contribution in [0.2, 0.25) is 0 Å². The maximum atomic E-state index is 14.5. The van der Waals surface area contributed by atoms with E-state index < -0.39 is 23.7 Å². The lowest BCUT2D eigenvalue weighted by atomic mass is 9.97. The molecule has 7 nitrogen and oxygen atoms in total. The number of pyridine rings is 1. The van der Waals surface area contributed by atoms with Crippen molar-refractivity contribution >= 4 is 23.6 Å². The summed E-state index contributed by atoms with van der Waals surface area (Å²) in [5.41, 5.74) is 4.52. The van der Waals surface area contributed by atoms with Crippen LogP contribution in [-0.2, 0) is 41.7 Å². The third kappa shape index (κ3) is 8.56. The Balaban J connectivity index is 1.31. The van der Waals surface area contributed by atoms with E-state index in [4.69, 9.17) is 0 Å². The fourth-order valence-corrected chi connectivity index (χ4v) is 6.40. The number of nitrogens with zero attached hydrogens (tertiary/aromatic N) is 5. The molecule has 0 radical (unpaired) electrons. The normalized spacial score (nSPS) is 16.0. The molecular formula is C39H40F3N5O2. The van der Waals surface area contributed by atoms with E-state index in [1.807, 2.05) is 65.6 Å². The standard InChI is InChI=1S/C39H40F3N5O2/c1-44-21-23-45(24-22-44)35-16-11-30(12-17-35)27-47(37(48)18-15-34-14-13-33(26-43-34)39(40,41)42)36(25-29-7-3-2-4-8-29)38(49)46-20-19-31-9-5-6-10-32(31)28-46/h2-18,26,36H,19-25,27-28H2,1H3/b18-15+/t36-/m0/s1. The zero-order valence-electron chi connectivity index (χ0n) is 27.5. The second-order valence-corrected chi connectivity index (χ2v) is 12.7. The lowest BCUT2D eigenvalue weighted by Crippen LogP contribution is -2.52. The second kappa shape index (κ2) is 15.1. The molecule has 1 saturated heterocycles. The third-order valence-corrected chi connectivity index (χ3v) is 9.33. The monoisotopic (exact) mass is 667 g/mol. The molecule has 6 rings (SSSR count). The van der Waals surface area contributed by atoms with E-state index in [1.54, 1.807) is 4.90 Å².